The lowest BCUT2D eigenvalue weighted by molar-refractivity contribution is 0.0866. The van der Waals surface area contributed by atoms with Crippen molar-refractivity contribution in [2.75, 3.05) is 19.8 Å². The van der Waals surface area contributed by atoms with Gasteiger partial charge in [0.2, 0.25) is 0 Å². The Kier molecular flexibility index (Phi) is 6.12. The number of rotatable bonds is 8. The van der Waals surface area contributed by atoms with Gasteiger partial charge in [0.15, 0.2) is 0 Å². The summed E-state index contributed by atoms with van der Waals surface area (Å²) < 4.78 is 5.45. The van der Waals surface area contributed by atoms with E-state index in [1.807, 2.05) is 44.2 Å². The number of hydrogen-bond acceptors (Lipinski definition) is 4. The van der Waals surface area contributed by atoms with Gasteiger partial charge in [0.1, 0.15) is 18.5 Å². The van der Waals surface area contributed by atoms with Gasteiger partial charge in [-0.15, -0.1) is 0 Å². The molecule has 0 aliphatic carbocycles. The SMILES string of the molecule is CCC(C)(CO)NCC(O)COc1ccccc1. The second-order valence-corrected chi connectivity index (χ2v) is 4.73. The molecule has 0 aliphatic rings. The summed E-state index contributed by atoms with van der Waals surface area (Å²) in [5.74, 6) is 0.747. The number of benzene rings is 1. The van der Waals surface area contributed by atoms with Crippen LogP contribution in [-0.4, -0.2) is 41.6 Å². The van der Waals surface area contributed by atoms with E-state index in [0.29, 0.717) is 6.54 Å². The van der Waals surface area contributed by atoms with Crippen LogP contribution in [0.3, 0.4) is 0 Å². The molecule has 4 heteroatoms. The van der Waals surface area contributed by atoms with Crippen molar-refractivity contribution in [3.05, 3.63) is 30.3 Å². The predicted octanol–water partition coefficient (Wildman–Crippen LogP) is 1.18. The lowest BCUT2D eigenvalue weighted by atomic mass is 10.0. The van der Waals surface area contributed by atoms with E-state index in [-0.39, 0.29) is 18.8 Å². The smallest absolute Gasteiger partial charge is 0.119 e. The van der Waals surface area contributed by atoms with Crippen LogP contribution in [0.5, 0.6) is 5.75 Å². The molecule has 0 bridgehead atoms. The van der Waals surface area contributed by atoms with E-state index in [9.17, 15) is 10.2 Å². The average molecular weight is 253 g/mol. The van der Waals surface area contributed by atoms with Crippen LogP contribution in [0.4, 0.5) is 0 Å². The third kappa shape index (κ3) is 5.04. The first kappa shape index (κ1) is 15.0. The highest BCUT2D eigenvalue weighted by Crippen LogP contribution is 2.09. The molecule has 0 aromatic heterocycles. The lowest BCUT2D eigenvalue weighted by Crippen LogP contribution is -2.49. The summed E-state index contributed by atoms with van der Waals surface area (Å²) in [5.41, 5.74) is -0.340. The van der Waals surface area contributed by atoms with Gasteiger partial charge in [-0.05, 0) is 25.5 Å². The Balaban J connectivity index is 2.28. The highest BCUT2D eigenvalue weighted by atomic mass is 16.5. The summed E-state index contributed by atoms with van der Waals surface area (Å²) in [4.78, 5) is 0. The van der Waals surface area contributed by atoms with Crippen LogP contribution in [0.25, 0.3) is 0 Å². The Labute approximate surface area is 109 Å². The molecule has 0 heterocycles. The molecule has 18 heavy (non-hydrogen) atoms. The maximum Gasteiger partial charge on any atom is 0.119 e. The van der Waals surface area contributed by atoms with Crippen LogP contribution in [0.15, 0.2) is 30.3 Å². The lowest BCUT2D eigenvalue weighted by Gasteiger charge is -2.28. The second-order valence-electron chi connectivity index (χ2n) is 4.73. The fourth-order valence-corrected chi connectivity index (χ4v) is 1.42. The second kappa shape index (κ2) is 7.36. The van der Waals surface area contributed by atoms with Crippen molar-refractivity contribution in [3.8, 4) is 5.75 Å². The molecule has 102 valence electrons. The van der Waals surface area contributed by atoms with Crippen molar-refractivity contribution in [2.24, 2.45) is 0 Å². The van der Waals surface area contributed by atoms with Crippen LogP contribution in [0.1, 0.15) is 20.3 Å². The van der Waals surface area contributed by atoms with E-state index < -0.39 is 6.10 Å². The van der Waals surface area contributed by atoms with E-state index >= 15 is 0 Å². The maximum atomic E-state index is 9.80. The van der Waals surface area contributed by atoms with Crippen LogP contribution in [0.2, 0.25) is 0 Å². The fraction of sp³-hybridized carbons (Fsp3) is 0.571. The van der Waals surface area contributed by atoms with E-state index in [1.54, 1.807) is 0 Å². The van der Waals surface area contributed by atoms with Gasteiger partial charge in [0.05, 0.1) is 6.61 Å². The van der Waals surface area contributed by atoms with Gasteiger partial charge < -0.3 is 20.3 Å². The molecule has 1 aromatic rings. The first-order valence-electron chi connectivity index (χ1n) is 6.31. The molecule has 0 spiro atoms. The highest BCUT2D eigenvalue weighted by molar-refractivity contribution is 5.20. The van der Waals surface area contributed by atoms with Gasteiger partial charge in [0.25, 0.3) is 0 Å². The molecular weight excluding hydrogens is 230 g/mol. The Morgan fingerprint density at radius 3 is 2.56 bits per heavy atom. The van der Waals surface area contributed by atoms with Crippen molar-refractivity contribution in [1.29, 1.82) is 0 Å². The maximum absolute atomic E-state index is 9.80. The fourth-order valence-electron chi connectivity index (χ4n) is 1.42. The molecular formula is C14H23NO3. The third-order valence-electron chi connectivity index (χ3n) is 3.08. The monoisotopic (exact) mass is 253 g/mol. The topological polar surface area (TPSA) is 61.7 Å². The summed E-state index contributed by atoms with van der Waals surface area (Å²) in [6.45, 7) is 4.61. The Morgan fingerprint density at radius 1 is 1.33 bits per heavy atom. The number of ether oxygens (including phenoxy) is 1. The molecule has 1 aromatic carbocycles. The predicted molar refractivity (Wildman–Crippen MR) is 71.7 cm³/mol. The number of nitrogens with one attached hydrogen (secondary N) is 1. The number of aliphatic hydroxyl groups is 2. The van der Waals surface area contributed by atoms with Gasteiger partial charge in [-0.25, -0.2) is 0 Å². The first-order valence-corrected chi connectivity index (χ1v) is 6.31. The number of hydrogen-bond donors (Lipinski definition) is 3. The molecule has 0 fully saturated rings. The Hall–Kier alpha value is -1.10. The highest BCUT2D eigenvalue weighted by Gasteiger charge is 2.21. The van der Waals surface area contributed by atoms with E-state index in [4.69, 9.17) is 4.74 Å². The molecule has 0 saturated carbocycles. The minimum absolute atomic E-state index is 0.0514. The zero-order chi connectivity index (χ0) is 13.4. The summed E-state index contributed by atoms with van der Waals surface area (Å²) >= 11 is 0. The molecule has 3 N–H and O–H groups in total. The quantitative estimate of drug-likeness (QED) is 0.651. The van der Waals surface area contributed by atoms with Crippen LogP contribution in [-0.2, 0) is 0 Å². The molecule has 4 nitrogen and oxygen atoms in total. The summed E-state index contributed by atoms with van der Waals surface area (Å²) in [6, 6.07) is 9.40. The van der Waals surface area contributed by atoms with Crippen molar-refractivity contribution in [2.45, 2.75) is 31.9 Å². The molecule has 1 rings (SSSR count). The van der Waals surface area contributed by atoms with Gasteiger partial charge in [-0.2, -0.15) is 0 Å². The zero-order valence-electron chi connectivity index (χ0n) is 11.1. The Morgan fingerprint density at radius 2 is 2.00 bits per heavy atom. The molecule has 2 unspecified atom stereocenters. The van der Waals surface area contributed by atoms with Crippen molar-refractivity contribution >= 4 is 0 Å². The normalized spacial score (nSPS) is 16.0. The van der Waals surface area contributed by atoms with Crippen LogP contribution in [0, 0.1) is 0 Å². The standard InChI is InChI=1S/C14H23NO3/c1-3-14(2,11-16)15-9-12(17)10-18-13-7-5-4-6-8-13/h4-8,12,15-17H,3,9-11H2,1-2H3. The largest absolute Gasteiger partial charge is 0.491 e. The average Bonchev–Trinajstić information content (AvgIpc) is 2.43. The van der Waals surface area contributed by atoms with Gasteiger partial charge in [0, 0.05) is 12.1 Å². The Bertz CT molecular complexity index is 325. The molecule has 2 atom stereocenters. The molecule has 0 aliphatic heterocycles. The van der Waals surface area contributed by atoms with E-state index in [0.717, 1.165) is 12.2 Å². The van der Waals surface area contributed by atoms with Gasteiger partial charge in [-0.1, -0.05) is 25.1 Å². The number of para-hydroxylation sites is 1. The zero-order valence-corrected chi connectivity index (χ0v) is 11.1. The van der Waals surface area contributed by atoms with E-state index in [1.165, 1.54) is 0 Å². The van der Waals surface area contributed by atoms with Crippen molar-refractivity contribution < 1.29 is 14.9 Å². The summed E-state index contributed by atoms with van der Waals surface area (Å²) in [5, 5.41) is 22.2. The number of aliphatic hydroxyl groups excluding tert-OH is 2. The van der Waals surface area contributed by atoms with Crippen LogP contribution < -0.4 is 10.1 Å². The minimum atomic E-state index is -0.595. The molecule has 0 radical (unpaired) electrons. The summed E-state index contributed by atoms with van der Waals surface area (Å²) in [6.07, 6.45) is 0.207. The molecule has 0 amide bonds. The molecule has 0 saturated heterocycles. The third-order valence-corrected chi connectivity index (χ3v) is 3.08. The van der Waals surface area contributed by atoms with Gasteiger partial charge in [-0.3, -0.25) is 0 Å². The van der Waals surface area contributed by atoms with Crippen molar-refractivity contribution in [3.63, 3.8) is 0 Å². The minimum Gasteiger partial charge on any atom is -0.491 e. The number of β-amino-alcohol motifs (C(OH)–C–C–N with tert-alkyl or cyclic N) is 1. The van der Waals surface area contributed by atoms with E-state index in [2.05, 4.69) is 5.32 Å². The van der Waals surface area contributed by atoms with Crippen LogP contribution >= 0.6 is 0 Å². The summed E-state index contributed by atoms with van der Waals surface area (Å²) in [7, 11) is 0. The van der Waals surface area contributed by atoms with Gasteiger partial charge >= 0.3 is 0 Å². The van der Waals surface area contributed by atoms with Crippen molar-refractivity contribution in [1.82, 2.24) is 5.32 Å². The first-order chi connectivity index (χ1) is 8.59.